The first-order chi connectivity index (χ1) is 12.4. The van der Waals surface area contributed by atoms with E-state index < -0.39 is 15.9 Å². The molecule has 136 valence electrons. The molecule has 3 rings (SSSR count). The third-order valence-corrected chi connectivity index (χ3v) is 7.04. The zero-order valence-electron chi connectivity index (χ0n) is 14.3. The monoisotopic (exact) mass is 389 g/mol. The molecule has 26 heavy (non-hydrogen) atoms. The molecule has 1 amide bonds. The Labute approximate surface area is 156 Å². The van der Waals surface area contributed by atoms with Crippen LogP contribution < -0.4 is 10.3 Å². The van der Waals surface area contributed by atoms with Crippen LogP contribution in [-0.4, -0.2) is 14.3 Å². The van der Waals surface area contributed by atoms with Gasteiger partial charge in [0.15, 0.2) is 0 Å². The number of rotatable bonds is 5. The quantitative estimate of drug-likeness (QED) is 0.768. The Bertz CT molecular complexity index is 974. The minimum atomic E-state index is -3.94. The zero-order valence-corrected chi connectivity index (χ0v) is 15.9. The number of aryl methyl sites for hydroxylation is 1. The fraction of sp³-hybridized carbons (Fsp3) is 0.333. The Morgan fingerprint density at radius 3 is 2.92 bits per heavy atom. The van der Waals surface area contributed by atoms with Gasteiger partial charge in [-0.05, 0) is 55.0 Å². The van der Waals surface area contributed by atoms with Crippen LogP contribution in [0.25, 0.3) is 0 Å². The van der Waals surface area contributed by atoms with Crippen molar-refractivity contribution in [3.8, 4) is 6.07 Å². The number of fused-ring (bicyclic) bond motifs is 1. The van der Waals surface area contributed by atoms with Gasteiger partial charge in [0.25, 0.3) is 15.9 Å². The van der Waals surface area contributed by atoms with Gasteiger partial charge in [-0.3, -0.25) is 10.2 Å². The lowest BCUT2D eigenvalue weighted by Crippen LogP contribution is -2.41. The maximum Gasteiger partial charge on any atom is 0.276 e. The highest BCUT2D eigenvalue weighted by atomic mass is 32.2. The van der Waals surface area contributed by atoms with Crippen LogP contribution in [0.3, 0.4) is 0 Å². The number of nitriles is 1. The average Bonchev–Trinajstić information content (AvgIpc) is 3.09. The molecule has 1 aliphatic carbocycles. The van der Waals surface area contributed by atoms with E-state index >= 15 is 0 Å². The van der Waals surface area contributed by atoms with Crippen molar-refractivity contribution in [2.24, 2.45) is 5.92 Å². The number of hydrogen-bond donors (Lipinski definition) is 2. The molecule has 0 saturated heterocycles. The number of carbonyl (C=O) groups excluding carboxylic acids is 1. The zero-order chi connectivity index (χ0) is 18.7. The summed E-state index contributed by atoms with van der Waals surface area (Å²) in [6.45, 7) is 2.17. The van der Waals surface area contributed by atoms with Gasteiger partial charge >= 0.3 is 0 Å². The Balaban J connectivity index is 1.69. The van der Waals surface area contributed by atoms with Crippen LogP contribution >= 0.6 is 11.3 Å². The number of sulfonamides is 1. The van der Waals surface area contributed by atoms with E-state index in [2.05, 4.69) is 17.2 Å². The van der Waals surface area contributed by atoms with Crippen molar-refractivity contribution in [2.75, 3.05) is 0 Å². The maximum atomic E-state index is 12.3. The third kappa shape index (κ3) is 3.96. The molecule has 2 N–H and O–H groups in total. The first-order valence-electron chi connectivity index (χ1n) is 8.37. The lowest BCUT2D eigenvalue weighted by atomic mass is 9.87. The van der Waals surface area contributed by atoms with Crippen LogP contribution in [0.2, 0.25) is 0 Å². The van der Waals surface area contributed by atoms with Crippen LogP contribution in [-0.2, 0) is 22.9 Å². The van der Waals surface area contributed by atoms with Gasteiger partial charge in [-0.25, -0.2) is 8.42 Å². The summed E-state index contributed by atoms with van der Waals surface area (Å²) in [5, 5.41) is 8.88. The normalized spacial score (nSPS) is 16.5. The highest BCUT2D eigenvalue weighted by molar-refractivity contribution is 7.89. The van der Waals surface area contributed by atoms with Crippen molar-refractivity contribution in [1.82, 2.24) is 10.3 Å². The molecule has 0 spiro atoms. The molecule has 0 saturated carbocycles. The molecular formula is C18H19N3O3S2. The fourth-order valence-corrected chi connectivity index (χ4v) is 5.01. The number of nitrogens with one attached hydrogen (secondary N) is 2. The summed E-state index contributed by atoms with van der Waals surface area (Å²) < 4.78 is 24.6. The number of thiophene rings is 1. The van der Waals surface area contributed by atoms with Crippen molar-refractivity contribution in [2.45, 2.75) is 37.5 Å². The lowest BCUT2D eigenvalue weighted by Gasteiger charge is -2.19. The fourth-order valence-electron chi connectivity index (χ4n) is 3.03. The second-order valence-corrected chi connectivity index (χ2v) is 9.09. The highest BCUT2D eigenvalue weighted by Gasteiger charge is 2.23. The molecular weight excluding hydrogens is 370 g/mol. The SMILES string of the molecule is CC[C@H]1CCc2sc(C(=O)NNS(=O)(=O)c3cccc(C#N)c3)cc2C1. The Kier molecular flexibility index (Phi) is 5.41. The van der Waals surface area contributed by atoms with Crippen LogP contribution in [0.15, 0.2) is 35.2 Å². The highest BCUT2D eigenvalue weighted by Crippen LogP contribution is 2.33. The number of amides is 1. The Hall–Kier alpha value is -2.21. The minimum absolute atomic E-state index is 0.0758. The summed E-state index contributed by atoms with van der Waals surface area (Å²) in [7, 11) is -3.94. The first-order valence-corrected chi connectivity index (χ1v) is 10.7. The molecule has 0 aliphatic heterocycles. The number of benzene rings is 1. The van der Waals surface area contributed by atoms with E-state index in [1.807, 2.05) is 12.1 Å². The molecule has 0 fully saturated rings. The predicted octanol–water partition coefficient (Wildman–Crippen LogP) is 2.76. The van der Waals surface area contributed by atoms with Crippen molar-refractivity contribution in [3.05, 3.63) is 51.2 Å². The van der Waals surface area contributed by atoms with Crippen LogP contribution in [0, 0.1) is 17.2 Å². The minimum Gasteiger partial charge on any atom is -0.273 e. The van der Waals surface area contributed by atoms with Gasteiger partial charge in [0.05, 0.1) is 21.4 Å². The van der Waals surface area contributed by atoms with Gasteiger partial charge in [0, 0.05) is 4.88 Å². The van der Waals surface area contributed by atoms with E-state index in [1.54, 1.807) is 0 Å². The third-order valence-electron chi connectivity index (χ3n) is 4.56. The van der Waals surface area contributed by atoms with Gasteiger partial charge in [-0.15, -0.1) is 16.2 Å². The maximum absolute atomic E-state index is 12.3. The van der Waals surface area contributed by atoms with Crippen LogP contribution in [0.4, 0.5) is 0 Å². The van der Waals surface area contributed by atoms with Crippen LogP contribution in [0.1, 0.15) is 45.4 Å². The molecule has 6 nitrogen and oxygen atoms in total. The van der Waals surface area contributed by atoms with E-state index in [9.17, 15) is 13.2 Å². The van der Waals surface area contributed by atoms with E-state index in [4.69, 9.17) is 5.26 Å². The molecule has 1 aliphatic rings. The van der Waals surface area contributed by atoms with Crippen molar-refractivity contribution in [1.29, 1.82) is 5.26 Å². The molecule has 0 unspecified atom stereocenters. The molecule has 1 atom stereocenters. The standard InChI is InChI=1S/C18H19N3O3S2/c1-2-12-6-7-16-14(8-12)10-17(25-16)18(22)20-21-26(23,24)15-5-3-4-13(9-15)11-19/h3-5,9-10,12,21H,2,6-8H2,1H3,(H,20,22)/t12-/m0/s1. The van der Waals surface area contributed by atoms with Crippen LogP contribution in [0.5, 0.6) is 0 Å². The van der Waals surface area contributed by atoms with E-state index in [1.165, 1.54) is 46.0 Å². The smallest absolute Gasteiger partial charge is 0.273 e. The summed E-state index contributed by atoms with van der Waals surface area (Å²) in [5.41, 5.74) is 3.69. The van der Waals surface area contributed by atoms with E-state index in [0.29, 0.717) is 10.8 Å². The summed E-state index contributed by atoms with van der Waals surface area (Å²) >= 11 is 1.42. The van der Waals surface area contributed by atoms with Crippen molar-refractivity contribution in [3.63, 3.8) is 0 Å². The second kappa shape index (κ2) is 7.58. The molecule has 1 heterocycles. The number of hydrazine groups is 1. The van der Waals surface area contributed by atoms with E-state index in [0.717, 1.165) is 25.7 Å². The van der Waals surface area contributed by atoms with Gasteiger partial charge in [-0.1, -0.05) is 19.4 Å². The Morgan fingerprint density at radius 2 is 2.19 bits per heavy atom. The largest absolute Gasteiger partial charge is 0.276 e. The first kappa shape index (κ1) is 18.6. The number of carbonyl (C=O) groups is 1. The van der Waals surface area contributed by atoms with Gasteiger partial charge in [0.1, 0.15) is 0 Å². The summed E-state index contributed by atoms with van der Waals surface area (Å²) in [6.07, 6.45) is 4.20. The lowest BCUT2D eigenvalue weighted by molar-refractivity contribution is 0.0949. The van der Waals surface area contributed by atoms with Gasteiger partial charge in [-0.2, -0.15) is 5.26 Å². The molecule has 8 heteroatoms. The summed E-state index contributed by atoms with van der Waals surface area (Å²) in [6, 6.07) is 9.36. The number of nitrogens with zero attached hydrogens (tertiary/aromatic N) is 1. The average molecular weight is 390 g/mol. The number of hydrogen-bond acceptors (Lipinski definition) is 5. The predicted molar refractivity (Wildman–Crippen MR) is 99.1 cm³/mol. The molecule has 2 aromatic rings. The molecule has 0 radical (unpaired) electrons. The molecule has 1 aromatic carbocycles. The molecule has 0 bridgehead atoms. The Morgan fingerprint density at radius 1 is 1.38 bits per heavy atom. The van der Waals surface area contributed by atoms with Gasteiger partial charge < -0.3 is 0 Å². The van der Waals surface area contributed by atoms with Crippen molar-refractivity contribution < 1.29 is 13.2 Å². The summed E-state index contributed by atoms with van der Waals surface area (Å²) in [5.74, 6) is 0.177. The summed E-state index contributed by atoms with van der Waals surface area (Å²) in [4.78, 5) is 16.1. The molecule has 1 aromatic heterocycles. The second-order valence-electron chi connectivity index (χ2n) is 6.28. The topological polar surface area (TPSA) is 99.1 Å². The van der Waals surface area contributed by atoms with Crippen molar-refractivity contribution >= 4 is 27.3 Å². The van der Waals surface area contributed by atoms with E-state index in [-0.39, 0.29) is 10.5 Å². The van der Waals surface area contributed by atoms with Gasteiger partial charge in [0.2, 0.25) is 0 Å².